The van der Waals surface area contributed by atoms with Gasteiger partial charge in [0.1, 0.15) is 0 Å². The lowest BCUT2D eigenvalue weighted by Gasteiger charge is -2.15. The summed E-state index contributed by atoms with van der Waals surface area (Å²) >= 11 is 0. The fraction of sp³-hybridized carbons (Fsp3) is 0.600. The van der Waals surface area contributed by atoms with Crippen molar-refractivity contribution in [3.05, 3.63) is 17.5 Å². The second kappa shape index (κ2) is 4.02. The van der Waals surface area contributed by atoms with Crippen LogP contribution in [0.4, 0.5) is 0 Å². The minimum absolute atomic E-state index is 0.0800. The molecule has 1 aliphatic rings. The van der Waals surface area contributed by atoms with Gasteiger partial charge in [0.05, 0.1) is 23.9 Å². The molecule has 0 aliphatic carbocycles. The van der Waals surface area contributed by atoms with E-state index < -0.39 is 0 Å². The Labute approximate surface area is 88.2 Å². The van der Waals surface area contributed by atoms with Crippen LogP contribution in [0.1, 0.15) is 29.4 Å². The Hall–Kier alpha value is -1.36. The van der Waals surface area contributed by atoms with Crippen LogP contribution in [-0.2, 0) is 4.74 Å². The fourth-order valence-corrected chi connectivity index (χ4v) is 1.75. The normalized spacial score (nSPS) is 25.5. The van der Waals surface area contributed by atoms with Crippen molar-refractivity contribution in [2.24, 2.45) is 0 Å². The molecule has 2 heterocycles. The predicted octanol–water partition coefficient (Wildman–Crippen LogP) is 0.625. The van der Waals surface area contributed by atoms with Crippen LogP contribution in [0, 0.1) is 6.92 Å². The quantitative estimate of drug-likeness (QED) is 0.750. The van der Waals surface area contributed by atoms with Crippen molar-refractivity contribution in [1.29, 1.82) is 0 Å². The largest absolute Gasteiger partial charge is 0.376 e. The number of rotatable bonds is 2. The molecule has 15 heavy (non-hydrogen) atoms. The molecule has 82 valence electrons. The number of H-pyrrole nitrogens is 1. The highest BCUT2D eigenvalue weighted by molar-refractivity contribution is 5.95. The summed E-state index contributed by atoms with van der Waals surface area (Å²) in [5.41, 5.74) is 1.40. The molecule has 0 radical (unpaired) electrons. The first-order valence-corrected chi connectivity index (χ1v) is 5.11. The first-order valence-electron chi connectivity index (χ1n) is 5.11. The van der Waals surface area contributed by atoms with Crippen LogP contribution in [0.2, 0.25) is 0 Å². The molecule has 1 aromatic rings. The maximum atomic E-state index is 11.8. The number of carbonyl (C=O) groups is 1. The number of carbonyl (C=O) groups excluding carboxylic acids is 1. The molecule has 5 heteroatoms. The summed E-state index contributed by atoms with van der Waals surface area (Å²) in [6.45, 7) is 4.52. The van der Waals surface area contributed by atoms with Crippen LogP contribution in [0.15, 0.2) is 6.20 Å². The van der Waals surface area contributed by atoms with Gasteiger partial charge in [-0.05, 0) is 20.3 Å². The van der Waals surface area contributed by atoms with Crippen LogP contribution < -0.4 is 5.32 Å². The molecule has 2 N–H and O–H groups in total. The Kier molecular flexibility index (Phi) is 2.73. The highest BCUT2D eigenvalue weighted by Gasteiger charge is 2.26. The SMILES string of the molecule is Cc1[nH]ncc1C(=O)NC1CCOC1C. The highest BCUT2D eigenvalue weighted by atomic mass is 16.5. The Morgan fingerprint density at radius 3 is 3.07 bits per heavy atom. The smallest absolute Gasteiger partial charge is 0.255 e. The van der Waals surface area contributed by atoms with Gasteiger partial charge in [-0.15, -0.1) is 0 Å². The highest BCUT2D eigenvalue weighted by Crippen LogP contribution is 2.13. The number of hydrogen-bond acceptors (Lipinski definition) is 3. The second-order valence-corrected chi connectivity index (χ2v) is 3.85. The first-order chi connectivity index (χ1) is 7.18. The van der Waals surface area contributed by atoms with E-state index in [0.29, 0.717) is 5.56 Å². The summed E-state index contributed by atoms with van der Waals surface area (Å²) in [6.07, 6.45) is 2.52. The average molecular weight is 209 g/mol. The Balaban J connectivity index is 2.01. The van der Waals surface area contributed by atoms with E-state index in [1.165, 1.54) is 0 Å². The van der Waals surface area contributed by atoms with E-state index in [-0.39, 0.29) is 18.1 Å². The van der Waals surface area contributed by atoms with E-state index in [2.05, 4.69) is 15.5 Å². The van der Waals surface area contributed by atoms with E-state index in [1.807, 2.05) is 13.8 Å². The fourth-order valence-electron chi connectivity index (χ4n) is 1.75. The van der Waals surface area contributed by atoms with Crippen LogP contribution in [0.3, 0.4) is 0 Å². The lowest BCUT2D eigenvalue weighted by Crippen LogP contribution is -2.39. The summed E-state index contributed by atoms with van der Waals surface area (Å²) in [5, 5.41) is 9.51. The zero-order valence-electron chi connectivity index (χ0n) is 8.91. The molecule has 0 spiro atoms. The molecular weight excluding hydrogens is 194 g/mol. The Morgan fingerprint density at radius 2 is 2.53 bits per heavy atom. The molecule has 5 nitrogen and oxygen atoms in total. The standard InChI is InChI=1S/C10H15N3O2/c1-6-8(5-11-13-6)10(14)12-9-3-4-15-7(9)2/h5,7,9H,3-4H2,1-2H3,(H,11,13)(H,12,14). The van der Waals surface area contributed by atoms with Crippen molar-refractivity contribution >= 4 is 5.91 Å². The summed E-state index contributed by atoms with van der Waals surface area (Å²) < 4.78 is 5.38. The van der Waals surface area contributed by atoms with Crippen LogP contribution in [-0.4, -0.2) is 34.9 Å². The third-order valence-electron chi connectivity index (χ3n) is 2.77. The van der Waals surface area contributed by atoms with Gasteiger partial charge >= 0.3 is 0 Å². The topological polar surface area (TPSA) is 67.0 Å². The summed E-state index contributed by atoms with van der Waals surface area (Å²) in [6, 6.07) is 0.117. The molecule has 2 unspecified atom stereocenters. The van der Waals surface area contributed by atoms with Crippen molar-refractivity contribution in [2.45, 2.75) is 32.4 Å². The van der Waals surface area contributed by atoms with Gasteiger partial charge in [0.2, 0.25) is 0 Å². The first kappa shape index (κ1) is 10.2. The molecule has 1 aromatic heterocycles. The number of nitrogens with one attached hydrogen (secondary N) is 2. The lowest BCUT2D eigenvalue weighted by atomic mass is 10.1. The van der Waals surface area contributed by atoms with Gasteiger partial charge in [-0.2, -0.15) is 5.10 Å². The van der Waals surface area contributed by atoms with E-state index >= 15 is 0 Å². The second-order valence-electron chi connectivity index (χ2n) is 3.85. The number of aromatic nitrogens is 2. The molecule has 1 aliphatic heterocycles. The Bertz CT molecular complexity index is 361. The van der Waals surface area contributed by atoms with E-state index in [0.717, 1.165) is 18.7 Å². The maximum Gasteiger partial charge on any atom is 0.255 e. The van der Waals surface area contributed by atoms with Gasteiger partial charge in [0.25, 0.3) is 5.91 Å². The van der Waals surface area contributed by atoms with Crippen LogP contribution in [0.25, 0.3) is 0 Å². The van der Waals surface area contributed by atoms with Gasteiger partial charge in [0.15, 0.2) is 0 Å². The van der Waals surface area contributed by atoms with Crippen LogP contribution >= 0.6 is 0 Å². The van der Waals surface area contributed by atoms with Crippen molar-refractivity contribution < 1.29 is 9.53 Å². The van der Waals surface area contributed by atoms with E-state index in [4.69, 9.17) is 4.74 Å². The monoisotopic (exact) mass is 209 g/mol. The molecule has 1 fully saturated rings. The predicted molar refractivity (Wildman–Crippen MR) is 54.6 cm³/mol. The van der Waals surface area contributed by atoms with Gasteiger partial charge in [0, 0.05) is 12.3 Å². The number of aryl methyl sites for hydroxylation is 1. The third-order valence-corrected chi connectivity index (χ3v) is 2.77. The zero-order chi connectivity index (χ0) is 10.8. The van der Waals surface area contributed by atoms with Gasteiger partial charge < -0.3 is 10.1 Å². The van der Waals surface area contributed by atoms with Crippen molar-refractivity contribution in [1.82, 2.24) is 15.5 Å². The van der Waals surface area contributed by atoms with Gasteiger partial charge in [-0.1, -0.05) is 0 Å². The third kappa shape index (κ3) is 2.02. The lowest BCUT2D eigenvalue weighted by molar-refractivity contribution is 0.0865. The number of hydrogen-bond donors (Lipinski definition) is 2. The maximum absolute atomic E-state index is 11.8. The number of nitrogens with zero attached hydrogens (tertiary/aromatic N) is 1. The van der Waals surface area contributed by atoms with Crippen molar-refractivity contribution in [3.63, 3.8) is 0 Å². The molecule has 0 saturated carbocycles. The summed E-state index contributed by atoms with van der Waals surface area (Å²) in [5.74, 6) is -0.0800. The molecule has 0 bridgehead atoms. The Morgan fingerprint density at radius 1 is 1.73 bits per heavy atom. The number of aromatic amines is 1. The minimum atomic E-state index is -0.0800. The van der Waals surface area contributed by atoms with Gasteiger partial charge in [-0.25, -0.2) is 0 Å². The molecule has 1 amide bonds. The van der Waals surface area contributed by atoms with E-state index in [1.54, 1.807) is 6.20 Å². The molecule has 1 saturated heterocycles. The minimum Gasteiger partial charge on any atom is -0.376 e. The van der Waals surface area contributed by atoms with Gasteiger partial charge in [-0.3, -0.25) is 9.89 Å². The van der Waals surface area contributed by atoms with Crippen LogP contribution in [0.5, 0.6) is 0 Å². The van der Waals surface area contributed by atoms with Crippen molar-refractivity contribution in [3.8, 4) is 0 Å². The van der Waals surface area contributed by atoms with E-state index in [9.17, 15) is 4.79 Å². The summed E-state index contributed by atoms with van der Waals surface area (Å²) in [4.78, 5) is 11.8. The van der Waals surface area contributed by atoms with Crippen molar-refractivity contribution in [2.75, 3.05) is 6.61 Å². The number of amides is 1. The molecule has 0 aromatic carbocycles. The molecular formula is C10H15N3O2. The molecule has 2 rings (SSSR count). The molecule has 2 atom stereocenters. The summed E-state index contributed by atoms with van der Waals surface area (Å²) in [7, 11) is 0. The zero-order valence-corrected chi connectivity index (χ0v) is 8.91. The average Bonchev–Trinajstić information content (AvgIpc) is 2.76. The number of ether oxygens (including phenoxy) is 1.